The molecule has 0 fully saturated rings. The van der Waals surface area contributed by atoms with Gasteiger partial charge in [0, 0.05) is 19.8 Å². The first kappa shape index (κ1) is 10.9. The van der Waals surface area contributed by atoms with Gasteiger partial charge in [-0.3, -0.25) is 0 Å². The number of hydrogen-bond acceptors (Lipinski definition) is 1. The zero-order valence-corrected chi connectivity index (χ0v) is 9.90. The zero-order chi connectivity index (χ0) is 9.26. The number of carbonyl (C=O) groups is 1. The molecule has 0 amide bonds. The van der Waals surface area contributed by atoms with Crippen molar-refractivity contribution in [1.82, 2.24) is 0 Å². The fourth-order valence-corrected chi connectivity index (χ4v) is 1.41. The SMILES string of the molecule is O=C(O)c1cccc2ccccc12.[Ga]. The molecule has 0 spiro atoms. The van der Waals surface area contributed by atoms with Gasteiger partial charge in [0.2, 0.25) is 0 Å². The molecule has 0 atom stereocenters. The molecule has 14 heavy (non-hydrogen) atoms. The molecule has 2 rings (SSSR count). The van der Waals surface area contributed by atoms with Crippen LogP contribution in [-0.2, 0) is 0 Å². The quantitative estimate of drug-likeness (QED) is 0.778. The van der Waals surface area contributed by atoms with Crippen LogP contribution in [0.1, 0.15) is 10.4 Å². The van der Waals surface area contributed by atoms with Crippen molar-refractivity contribution in [1.29, 1.82) is 0 Å². The van der Waals surface area contributed by atoms with Crippen molar-refractivity contribution in [3.8, 4) is 0 Å². The monoisotopic (exact) mass is 241 g/mol. The van der Waals surface area contributed by atoms with Crippen LogP contribution in [0, 0.1) is 0 Å². The van der Waals surface area contributed by atoms with Crippen molar-refractivity contribution < 1.29 is 9.90 Å². The third kappa shape index (κ3) is 1.83. The molecule has 3 heteroatoms. The van der Waals surface area contributed by atoms with E-state index in [1.54, 1.807) is 12.1 Å². The van der Waals surface area contributed by atoms with Crippen molar-refractivity contribution in [2.75, 3.05) is 0 Å². The van der Waals surface area contributed by atoms with E-state index in [1.807, 2.05) is 30.3 Å². The Morgan fingerprint density at radius 1 is 1.00 bits per heavy atom. The molecule has 0 aliphatic rings. The summed E-state index contributed by atoms with van der Waals surface area (Å²) in [5.41, 5.74) is 0.359. The Bertz CT molecular complexity index is 460. The smallest absolute Gasteiger partial charge is 0.336 e. The first-order chi connectivity index (χ1) is 6.29. The van der Waals surface area contributed by atoms with Gasteiger partial charge in [0.05, 0.1) is 5.56 Å². The zero-order valence-electron chi connectivity index (χ0n) is 7.47. The van der Waals surface area contributed by atoms with Crippen molar-refractivity contribution in [3.63, 3.8) is 0 Å². The van der Waals surface area contributed by atoms with Crippen molar-refractivity contribution >= 4 is 36.5 Å². The molecule has 2 aromatic rings. The van der Waals surface area contributed by atoms with Gasteiger partial charge in [-0.2, -0.15) is 0 Å². The molecule has 0 aliphatic carbocycles. The molecule has 0 heterocycles. The summed E-state index contributed by atoms with van der Waals surface area (Å²) < 4.78 is 0. The summed E-state index contributed by atoms with van der Waals surface area (Å²) >= 11 is 0. The second-order valence-electron chi connectivity index (χ2n) is 2.83. The van der Waals surface area contributed by atoms with Gasteiger partial charge in [-0.25, -0.2) is 4.79 Å². The summed E-state index contributed by atoms with van der Waals surface area (Å²) in [4.78, 5) is 10.8. The first-order valence-corrected chi connectivity index (χ1v) is 4.00. The van der Waals surface area contributed by atoms with E-state index in [9.17, 15) is 4.79 Å². The van der Waals surface area contributed by atoms with Gasteiger partial charge in [-0.15, -0.1) is 0 Å². The summed E-state index contributed by atoms with van der Waals surface area (Å²) in [7, 11) is 0. The van der Waals surface area contributed by atoms with Crippen LogP contribution in [0.3, 0.4) is 0 Å². The molecule has 2 aromatic carbocycles. The number of fused-ring (bicyclic) bond motifs is 1. The van der Waals surface area contributed by atoms with E-state index in [0.717, 1.165) is 10.8 Å². The Hall–Kier alpha value is -1.19. The molecule has 0 unspecified atom stereocenters. The minimum atomic E-state index is -0.878. The van der Waals surface area contributed by atoms with Crippen LogP contribution in [0.2, 0.25) is 0 Å². The second kappa shape index (κ2) is 4.35. The minimum Gasteiger partial charge on any atom is -0.478 e. The maximum atomic E-state index is 10.8. The molecule has 67 valence electrons. The number of carboxylic acid groups (broad SMARTS) is 1. The normalized spacial score (nSPS) is 9.43. The van der Waals surface area contributed by atoms with E-state index in [1.165, 1.54) is 0 Å². The Labute approximate surface area is 94.6 Å². The van der Waals surface area contributed by atoms with Crippen molar-refractivity contribution in [2.45, 2.75) is 0 Å². The number of benzene rings is 2. The second-order valence-corrected chi connectivity index (χ2v) is 2.83. The average molecular weight is 242 g/mol. The van der Waals surface area contributed by atoms with Crippen LogP contribution in [0.15, 0.2) is 42.5 Å². The first-order valence-electron chi connectivity index (χ1n) is 4.00. The molecule has 2 nitrogen and oxygen atoms in total. The summed E-state index contributed by atoms with van der Waals surface area (Å²) in [6.45, 7) is 0. The molecule has 3 radical (unpaired) electrons. The summed E-state index contributed by atoms with van der Waals surface area (Å²) in [5.74, 6) is -0.878. The third-order valence-electron chi connectivity index (χ3n) is 2.02. The van der Waals surface area contributed by atoms with Gasteiger partial charge >= 0.3 is 5.97 Å². The van der Waals surface area contributed by atoms with Crippen molar-refractivity contribution in [2.24, 2.45) is 0 Å². The standard InChI is InChI=1S/C11H8O2.Ga/c12-11(13)10-7-3-5-8-4-1-2-6-9(8)10;/h1-7H,(H,12,13);. The van der Waals surface area contributed by atoms with Gasteiger partial charge < -0.3 is 5.11 Å². The fourth-order valence-electron chi connectivity index (χ4n) is 1.41. The van der Waals surface area contributed by atoms with E-state index >= 15 is 0 Å². The summed E-state index contributed by atoms with van der Waals surface area (Å²) in [5, 5.41) is 10.6. The van der Waals surface area contributed by atoms with Crippen LogP contribution in [-0.4, -0.2) is 30.9 Å². The molecule has 0 bridgehead atoms. The van der Waals surface area contributed by atoms with Crippen LogP contribution >= 0.6 is 0 Å². The summed E-state index contributed by atoms with van der Waals surface area (Å²) in [6.07, 6.45) is 0. The third-order valence-corrected chi connectivity index (χ3v) is 2.02. The number of aromatic carboxylic acids is 1. The Morgan fingerprint density at radius 2 is 1.64 bits per heavy atom. The van der Waals surface area contributed by atoms with E-state index in [-0.39, 0.29) is 19.8 Å². The van der Waals surface area contributed by atoms with Crippen LogP contribution < -0.4 is 0 Å². The number of carboxylic acids is 1. The maximum absolute atomic E-state index is 10.8. The Kier molecular flexibility index (Phi) is 3.38. The van der Waals surface area contributed by atoms with Crippen LogP contribution in [0.5, 0.6) is 0 Å². The maximum Gasteiger partial charge on any atom is 0.336 e. The number of rotatable bonds is 1. The Morgan fingerprint density at radius 3 is 2.36 bits per heavy atom. The minimum absolute atomic E-state index is 0. The molecule has 1 N–H and O–H groups in total. The largest absolute Gasteiger partial charge is 0.478 e. The fraction of sp³-hybridized carbons (Fsp3) is 0. The van der Waals surface area contributed by atoms with Gasteiger partial charge in [0.1, 0.15) is 0 Å². The molecule has 0 aliphatic heterocycles. The molecule has 0 saturated heterocycles. The van der Waals surface area contributed by atoms with E-state index < -0.39 is 5.97 Å². The predicted molar refractivity (Wildman–Crippen MR) is 56.7 cm³/mol. The van der Waals surface area contributed by atoms with Crippen LogP contribution in [0.4, 0.5) is 0 Å². The Balaban J connectivity index is 0.000000980. The van der Waals surface area contributed by atoms with Gasteiger partial charge in [-0.1, -0.05) is 36.4 Å². The van der Waals surface area contributed by atoms with E-state index in [4.69, 9.17) is 5.11 Å². The number of hydrogen-bond donors (Lipinski definition) is 1. The van der Waals surface area contributed by atoms with Gasteiger partial charge in [0.15, 0.2) is 0 Å². The topological polar surface area (TPSA) is 37.3 Å². The molecule has 0 saturated carbocycles. The van der Waals surface area contributed by atoms with Gasteiger partial charge in [-0.05, 0) is 16.8 Å². The average Bonchev–Trinajstić information content (AvgIpc) is 2.17. The van der Waals surface area contributed by atoms with Gasteiger partial charge in [0.25, 0.3) is 0 Å². The van der Waals surface area contributed by atoms with E-state index in [2.05, 4.69) is 0 Å². The molecular formula is C11H8GaO2. The van der Waals surface area contributed by atoms with Crippen molar-refractivity contribution in [3.05, 3.63) is 48.0 Å². The summed E-state index contributed by atoms with van der Waals surface area (Å²) in [6, 6.07) is 12.7. The predicted octanol–water partition coefficient (Wildman–Crippen LogP) is 2.16. The molecule has 0 aromatic heterocycles. The van der Waals surface area contributed by atoms with E-state index in [0.29, 0.717) is 5.56 Å². The molecular weight excluding hydrogens is 234 g/mol. The van der Waals surface area contributed by atoms with Crippen LogP contribution in [0.25, 0.3) is 10.8 Å².